The third-order valence-corrected chi connectivity index (χ3v) is 5.79. The Bertz CT molecular complexity index is 1070. The summed E-state index contributed by atoms with van der Waals surface area (Å²) in [6.45, 7) is 4.15. The highest BCUT2D eigenvalue weighted by molar-refractivity contribution is 7.92. The normalized spacial score (nSPS) is 15.7. The van der Waals surface area contributed by atoms with E-state index in [0.717, 1.165) is 18.2 Å². The number of benzene rings is 2. The van der Waals surface area contributed by atoms with Crippen molar-refractivity contribution in [1.82, 2.24) is 5.32 Å². The minimum atomic E-state index is -3.62. The lowest BCUT2D eigenvalue weighted by molar-refractivity contribution is -0.122. The summed E-state index contributed by atoms with van der Waals surface area (Å²) in [6.07, 6.45) is 0.810. The van der Waals surface area contributed by atoms with Gasteiger partial charge < -0.3 is 15.4 Å². The summed E-state index contributed by atoms with van der Waals surface area (Å²) < 4.78 is 31.6. The van der Waals surface area contributed by atoms with E-state index in [2.05, 4.69) is 10.6 Å². The van der Waals surface area contributed by atoms with E-state index in [4.69, 9.17) is 4.74 Å². The van der Waals surface area contributed by atoms with Crippen LogP contribution in [0.4, 0.5) is 11.4 Å². The first kappa shape index (κ1) is 21.6. The zero-order chi connectivity index (χ0) is 21.9. The van der Waals surface area contributed by atoms with E-state index in [1.54, 1.807) is 42.5 Å². The minimum absolute atomic E-state index is 0.161. The number of hydrogen-bond acceptors (Lipinski definition) is 5. The second kappa shape index (κ2) is 8.74. The molecule has 0 saturated carbocycles. The number of fused-ring (bicyclic) bond motifs is 1. The zero-order valence-electron chi connectivity index (χ0n) is 17.1. The maximum absolute atomic E-state index is 12.9. The molecule has 0 saturated heterocycles. The predicted molar refractivity (Wildman–Crippen MR) is 115 cm³/mol. The van der Waals surface area contributed by atoms with E-state index in [-0.39, 0.29) is 12.5 Å². The van der Waals surface area contributed by atoms with Gasteiger partial charge in [0, 0.05) is 6.54 Å². The minimum Gasteiger partial charge on any atom is -0.476 e. The molecule has 3 rings (SSSR count). The van der Waals surface area contributed by atoms with Crippen LogP contribution in [0.2, 0.25) is 0 Å². The highest BCUT2D eigenvalue weighted by atomic mass is 32.2. The van der Waals surface area contributed by atoms with Crippen LogP contribution in [0, 0.1) is 6.92 Å². The fourth-order valence-electron chi connectivity index (χ4n) is 3.15. The summed E-state index contributed by atoms with van der Waals surface area (Å²) in [5.74, 6) is -0.520. The van der Waals surface area contributed by atoms with Gasteiger partial charge in [-0.2, -0.15) is 0 Å². The van der Waals surface area contributed by atoms with Crippen molar-refractivity contribution in [1.29, 1.82) is 0 Å². The molecular formula is C21H25N3O5S. The maximum atomic E-state index is 12.9. The Kier molecular flexibility index (Phi) is 6.31. The van der Waals surface area contributed by atoms with Crippen molar-refractivity contribution in [2.24, 2.45) is 0 Å². The number of nitrogens with one attached hydrogen (secondary N) is 2. The van der Waals surface area contributed by atoms with Crippen LogP contribution in [-0.2, 0) is 14.8 Å². The van der Waals surface area contributed by atoms with Gasteiger partial charge in [-0.25, -0.2) is 8.42 Å². The number of ether oxygens (including phenoxy) is 1. The number of aryl methyl sites for hydroxylation is 1. The molecule has 0 aromatic heterocycles. The highest BCUT2D eigenvalue weighted by Gasteiger charge is 2.35. The molecule has 1 heterocycles. The van der Waals surface area contributed by atoms with E-state index in [1.807, 2.05) is 13.8 Å². The fraction of sp³-hybridized carbons (Fsp3) is 0.333. The molecule has 0 radical (unpaired) electrons. The van der Waals surface area contributed by atoms with E-state index >= 15 is 0 Å². The Balaban J connectivity index is 1.85. The molecule has 2 aromatic rings. The molecule has 1 atom stereocenters. The van der Waals surface area contributed by atoms with Gasteiger partial charge in [0.25, 0.3) is 11.8 Å². The van der Waals surface area contributed by atoms with Gasteiger partial charge in [0.05, 0.1) is 29.7 Å². The van der Waals surface area contributed by atoms with Crippen molar-refractivity contribution in [2.45, 2.75) is 26.4 Å². The maximum Gasteiger partial charge on any atom is 0.267 e. The van der Waals surface area contributed by atoms with Crippen LogP contribution in [0.5, 0.6) is 5.75 Å². The van der Waals surface area contributed by atoms with E-state index in [0.29, 0.717) is 29.2 Å². The van der Waals surface area contributed by atoms with Crippen molar-refractivity contribution in [3.63, 3.8) is 0 Å². The van der Waals surface area contributed by atoms with Crippen molar-refractivity contribution in [2.75, 3.05) is 29.0 Å². The number of hydrogen-bond donors (Lipinski definition) is 2. The molecule has 2 aromatic carbocycles. The number of sulfonamides is 1. The first-order valence-electron chi connectivity index (χ1n) is 9.64. The van der Waals surface area contributed by atoms with Gasteiger partial charge >= 0.3 is 0 Å². The number of nitrogens with zero attached hydrogens (tertiary/aromatic N) is 1. The highest BCUT2D eigenvalue weighted by Crippen LogP contribution is 2.36. The molecule has 0 unspecified atom stereocenters. The predicted octanol–water partition coefficient (Wildman–Crippen LogP) is 2.30. The zero-order valence-corrected chi connectivity index (χ0v) is 18.0. The number of carbonyl (C=O) groups is 2. The van der Waals surface area contributed by atoms with E-state index < -0.39 is 22.0 Å². The van der Waals surface area contributed by atoms with Crippen molar-refractivity contribution < 1.29 is 22.7 Å². The Hall–Kier alpha value is -3.07. The van der Waals surface area contributed by atoms with Gasteiger partial charge in [-0.05, 0) is 43.2 Å². The number of anilines is 2. The Labute approximate surface area is 176 Å². The molecular weight excluding hydrogens is 406 g/mol. The van der Waals surface area contributed by atoms with Crippen LogP contribution in [-0.4, -0.2) is 45.7 Å². The third kappa shape index (κ3) is 4.73. The van der Waals surface area contributed by atoms with Gasteiger partial charge in [-0.1, -0.05) is 25.1 Å². The van der Waals surface area contributed by atoms with Crippen LogP contribution in [0.15, 0.2) is 42.5 Å². The van der Waals surface area contributed by atoms with Crippen molar-refractivity contribution in [3.8, 4) is 5.75 Å². The number of amides is 2. The largest absolute Gasteiger partial charge is 0.476 e. The molecule has 9 heteroatoms. The average Bonchev–Trinajstić information content (AvgIpc) is 2.70. The lowest BCUT2D eigenvalue weighted by Gasteiger charge is -2.34. The van der Waals surface area contributed by atoms with Crippen LogP contribution < -0.4 is 19.7 Å². The Morgan fingerprint density at radius 3 is 2.63 bits per heavy atom. The monoisotopic (exact) mass is 431 g/mol. The summed E-state index contributed by atoms with van der Waals surface area (Å²) in [7, 11) is -3.62. The van der Waals surface area contributed by atoms with Crippen LogP contribution in [0.3, 0.4) is 0 Å². The second-order valence-electron chi connectivity index (χ2n) is 7.16. The van der Waals surface area contributed by atoms with Gasteiger partial charge in [-0.15, -0.1) is 0 Å². The van der Waals surface area contributed by atoms with Crippen molar-refractivity contribution >= 4 is 33.2 Å². The molecule has 1 aliphatic heterocycles. The second-order valence-corrected chi connectivity index (χ2v) is 9.07. The first-order valence-corrected chi connectivity index (χ1v) is 11.5. The molecule has 0 fully saturated rings. The molecule has 160 valence electrons. The molecule has 2 N–H and O–H groups in total. The van der Waals surface area contributed by atoms with E-state index in [1.165, 1.54) is 4.31 Å². The fourth-order valence-corrected chi connectivity index (χ4v) is 4.06. The quantitative estimate of drug-likeness (QED) is 0.730. The van der Waals surface area contributed by atoms with Gasteiger partial charge in [-0.3, -0.25) is 13.9 Å². The third-order valence-electron chi connectivity index (χ3n) is 4.64. The molecule has 1 aliphatic rings. The lowest BCUT2D eigenvalue weighted by Crippen LogP contribution is -2.48. The molecule has 30 heavy (non-hydrogen) atoms. The van der Waals surface area contributed by atoms with Crippen LogP contribution in [0.25, 0.3) is 0 Å². The molecule has 0 spiro atoms. The number of carbonyl (C=O) groups excluding carboxylic acids is 2. The van der Waals surface area contributed by atoms with E-state index in [9.17, 15) is 18.0 Å². The summed E-state index contributed by atoms with van der Waals surface area (Å²) in [5.41, 5.74) is 1.94. The topological polar surface area (TPSA) is 105 Å². The smallest absolute Gasteiger partial charge is 0.267 e. The SMILES string of the molecule is CCCNC(=O)c1ccccc1NC(=O)[C@H]1CN(S(C)(=O)=O)c2cc(C)ccc2O1. The number of rotatable bonds is 6. The first-order chi connectivity index (χ1) is 14.2. The molecule has 2 amide bonds. The molecule has 0 aliphatic carbocycles. The standard InChI is InChI=1S/C21H25N3O5S/c1-4-11-22-20(25)15-7-5-6-8-16(15)23-21(26)19-13-24(30(3,27)28)17-12-14(2)9-10-18(17)29-19/h5-10,12,19H,4,11,13H2,1-3H3,(H,22,25)(H,23,26)/t19-/m1/s1. The van der Waals surface area contributed by atoms with Crippen molar-refractivity contribution in [3.05, 3.63) is 53.6 Å². The van der Waals surface area contributed by atoms with Gasteiger partial charge in [0.15, 0.2) is 6.10 Å². The summed E-state index contributed by atoms with van der Waals surface area (Å²) in [5, 5.41) is 5.48. The average molecular weight is 432 g/mol. The number of para-hydroxylation sites is 1. The molecule has 8 nitrogen and oxygen atoms in total. The van der Waals surface area contributed by atoms with Gasteiger partial charge in [0.1, 0.15) is 5.75 Å². The summed E-state index contributed by atoms with van der Waals surface area (Å²) in [6, 6.07) is 11.8. The molecule has 0 bridgehead atoms. The van der Waals surface area contributed by atoms with Crippen LogP contribution in [0.1, 0.15) is 29.3 Å². The Morgan fingerprint density at radius 1 is 1.20 bits per heavy atom. The summed E-state index contributed by atoms with van der Waals surface area (Å²) in [4.78, 5) is 25.3. The van der Waals surface area contributed by atoms with Gasteiger partial charge in [0.2, 0.25) is 10.0 Å². The Morgan fingerprint density at radius 2 is 1.93 bits per heavy atom. The summed E-state index contributed by atoms with van der Waals surface area (Å²) >= 11 is 0. The van der Waals surface area contributed by atoms with Crippen LogP contribution >= 0.6 is 0 Å². The lowest BCUT2D eigenvalue weighted by atomic mass is 10.1.